The molecule has 4 nitrogen and oxygen atoms in total. The Balaban J connectivity index is 1.81. The molecule has 0 saturated heterocycles. The number of amides is 2. The number of urea groups is 1. The second-order valence-electron chi connectivity index (χ2n) is 6.23. The van der Waals surface area contributed by atoms with Crippen LogP contribution in [0, 0.1) is 5.92 Å². The molecule has 2 unspecified atom stereocenters. The van der Waals surface area contributed by atoms with Crippen LogP contribution in [0.4, 0.5) is 4.79 Å². The summed E-state index contributed by atoms with van der Waals surface area (Å²) < 4.78 is 5.44. The quantitative estimate of drug-likeness (QED) is 0.861. The highest BCUT2D eigenvalue weighted by molar-refractivity contribution is 5.74. The zero-order valence-electron chi connectivity index (χ0n) is 12.7. The predicted octanol–water partition coefficient (Wildman–Crippen LogP) is 3.78. The average Bonchev–Trinajstić information content (AvgIpc) is 2.85. The predicted molar refractivity (Wildman–Crippen MR) is 79.6 cm³/mol. The van der Waals surface area contributed by atoms with Crippen LogP contribution in [0.5, 0.6) is 0 Å². The van der Waals surface area contributed by atoms with Gasteiger partial charge in [0.2, 0.25) is 0 Å². The highest BCUT2D eigenvalue weighted by Crippen LogP contribution is 2.30. The Hall–Kier alpha value is -1.45. The molecule has 1 aliphatic rings. The maximum atomic E-state index is 12.0. The van der Waals surface area contributed by atoms with Gasteiger partial charge in [0.15, 0.2) is 0 Å². The van der Waals surface area contributed by atoms with Gasteiger partial charge in [-0.2, -0.15) is 0 Å². The molecule has 0 radical (unpaired) electrons. The number of hydrogen-bond acceptors (Lipinski definition) is 2. The number of fused-ring (bicyclic) bond motifs is 1. The first kappa shape index (κ1) is 14.9. The lowest BCUT2D eigenvalue weighted by Gasteiger charge is -2.24. The number of rotatable bonds is 5. The molecule has 20 heavy (non-hydrogen) atoms. The summed E-state index contributed by atoms with van der Waals surface area (Å²) >= 11 is 0. The third-order valence-electron chi connectivity index (χ3n) is 3.91. The summed E-state index contributed by atoms with van der Waals surface area (Å²) in [5, 5.41) is 6.09. The summed E-state index contributed by atoms with van der Waals surface area (Å²) in [5.41, 5.74) is 1.14. The number of carbonyl (C=O) groups is 1. The fraction of sp³-hybridized carbons (Fsp3) is 0.688. The highest BCUT2D eigenvalue weighted by atomic mass is 16.3. The number of aryl methyl sites for hydroxylation is 1. The van der Waals surface area contributed by atoms with Crippen LogP contribution in [0.25, 0.3) is 0 Å². The zero-order valence-corrected chi connectivity index (χ0v) is 12.7. The van der Waals surface area contributed by atoms with E-state index in [1.807, 2.05) is 6.07 Å². The smallest absolute Gasteiger partial charge is 0.315 e. The molecule has 1 aliphatic carbocycles. The number of furan rings is 1. The van der Waals surface area contributed by atoms with Gasteiger partial charge in [0, 0.05) is 18.0 Å². The van der Waals surface area contributed by atoms with Crippen molar-refractivity contribution < 1.29 is 9.21 Å². The van der Waals surface area contributed by atoms with E-state index in [-0.39, 0.29) is 18.1 Å². The molecule has 1 heterocycles. The standard InChI is InChI=1S/C16H26N2O2/c1-11(2)7-8-12(3)17-16(19)18-14-5-4-6-15-13(14)9-10-20-15/h9-12,14H,4-8H2,1-3H3,(H2,17,18,19). The molecule has 1 aromatic rings. The molecule has 0 aromatic carbocycles. The Labute approximate surface area is 121 Å². The van der Waals surface area contributed by atoms with Gasteiger partial charge in [0.1, 0.15) is 5.76 Å². The summed E-state index contributed by atoms with van der Waals surface area (Å²) in [6.07, 6.45) is 6.90. The van der Waals surface area contributed by atoms with Crippen molar-refractivity contribution in [3.05, 3.63) is 23.7 Å². The summed E-state index contributed by atoms with van der Waals surface area (Å²) in [5.74, 6) is 1.70. The first-order chi connectivity index (χ1) is 9.56. The monoisotopic (exact) mass is 278 g/mol. The highest BCUT2D eigenvalue weighted by Gasteiger charge is 2.24. The summed E-state index contributed by atoms with van der Waals surface area (Å²) in [6, 6.07) is 2.21. The van der Waals surface area contributed by atoms with E-state index in [1.54, 1.807) is 6.26 Å². The first-order valence-electron chi connectivity index (χ1n) is 7.69. The second-order valence-corrected chi connectivity index (χ2v) is 6.23. The van der Waals surface area contributed by atoms with Crippen LogP contribution < -0.4 is 10.6 Å². The van der Waals surface area contributed by atoms with Crippen molar-refractivity contribution in [3.8, 4) is 0 Å². The summed E-state index contributed by atoms with van der Waals surface area (Å²) in [4.78, 5) is 12.0. The number of carbonyl (C=O) groups excluding carboxylic acids is 1. The molecule has 1 aromatic heterocycles. The lowest BCUT2D eigenvalue weighted by Crippen LogP contribution is -2.43. The topological polar surface area (TPSA) is 54.3 Å². The van der Waals surface area contributed by atoms with Gasteiger partial charge in [-0.3, -0.25) is 0 Å². The van der Waals surface area contributed by atoms with Crippen molar-refractivity contribution >= 4 is 6.03 Å². The summed E-state index contributed by atoms with van der Waals surface area (Å²) in [7, 11) is 0. The molecule has 0 saturated carbocycles. The van der Waals surface area contributed by atoms with E-state index < -0.39 is 0 Å². The van der Waals surface area contributed by atoms with Crippen LogP contribution >= 0.6 is 0 Å². The average molecular weight is 278 g/mol. The number of nitrogens with one attached hydrogen (secondary N) is 2. The largest absolute Gasteiger partial charge is 0.469 e. The Kier molecular flexibility index (Phi) is 5.10. The molecular formula is C16H26N2O2. The molecule has 112 valence electrons. The van der Waals surface area contributed by atoms with Crippen molar-refractivity contribution in [3.63, 3.8) is 0 Å². The van der Waals surface area contributed by atoms with Gasteiger partial charge in [-0.1, -0.05) is 13.8 Å². The lowest BCUT2D eigenvalue weighted by molar-refractivity contribution is 0.231. The Morgan fingerprint density at radius 3 is 2.95 bits per heavy atom. The third-order valence-corrected chi connectivity index (χ3v) is 3.91. The van der Waals surface area contributed by atoms with Gasteiger partial charge in [-0.15, -0.1) is 0 Å². The number of hydrogen-bond donors (Lipinski definition) is 2. The minimum Gasteiger partial charge on any atom is -0.469 e. The summed E-state index contributed by atoms with van der Waals surface area (Å²) in [6.45, 7) is 6.47. The van der Waals surface area contributed by atoms with Crippen LogP contribution in [-0.2, 0) is 6.42 Å². The van der Waals surface area contributed by atoms with E-state index in [9.17, 15) is 4.79 Å². The normalized spacial score (nSPS) is 19.5. The minimum atomic E-state index is -0.0692. The van der Waals surface area contributed by atoms with Gasteiger partial charge >= 0.3 is 6.03 Å². The third kappa shape index (κ3) is 4.02. The van der Waals surface area contributed by atoms with Crippen molar-refractivity contribution in [1.82, 2.24) is 10.6 Å². The van der Waals surface area contributed by atoms with Crippen molar-refractivity contribution in [2.24, 2.45) is 5.92 Å². The van der Waals surface area contributed by atoms with E-state index in [4.69, 9.17) is 4.42 Å². The van der Waals surface area contributed by atoms with Gasteiger partial charge in [-0.05, 0) is 44.6 Å². The van der Waals surface area contributed by atoms with Gasteiger partial charge in [0.25, 0.3) is 0 Å². The van der Waals surface area contributed by atoms with Crippen LogP contribution in [-0.4, -0.2) is 12.1 Å². The molecule has 4 heteroatoms. The first-order valence-corrected chi connectivity index (χ1v) is 7.69. The van der Waals surface area contributed by atoms with Crippen LogP contribution in [0.3, 0.4) is 0 Å². The second kappa shape index (κ2) is 6.82. The van der Waals surface area contributed by atoms with E-state index in [0.717, 1.165) is 43.4 Å². The van der Waals surface area contributed by atoms with Gasteiger partial charge in [-0.25, -0.2) is 4.79 Å². The van der Waals surface area contributed by atoms with Crippen LogP contribution in [0.2, 0.25) is 0 Å². The van der Waals surface area contributed by atoms with E-state index >= 15 is 0 Å². The molecule has 0 fully saturated rings. The zero-order chi connectivity index (χ0) is 14.5. The molecule has 2 amide bonds. The Morgan fingerprint density at radius 2 is 2.20 bits per heavy atom. The lowest BCUT2D eigenvalue weighted by atomic mass is 9.93. The molecule has 0 spiro atoms. The van der Waals surface area contributed by atoms with E-state index in [1.165, 1.54) is 0 Å². The molecule has 2 atom stereocenters. The van der Waals surface area contributed by atoms with Gasteiger partial charge in [0.05, 0.1) is 12.3 Å². The Morgan fingerprint density at radius 1 is 1.40 bits per heavy atom. The van der Waals surface area contributed by atoms with Gasteiger partial charge < -0.3 is 15.1 Å². The fourth-order valence-electron chi connectivity index (χ4n) is 2.72. The Bertz CT molecular complexity index is 439. The van der Waals surface area contributed by atoms with Crippen molar-refractivity contribution in [2.75, 3.05) is 0 Å². The SMILES string of the molecule is CC(C)CCC(C)NC(=O)NC1CCCc2occc21. The van der Waals surface area contributed by atoms with Crippen molar-refractivity contribution in [2.45, 2.75) is 65.0 Å². The minimum absolute atomic E-state index is 0.0692. The maximum absolute atomic E-state index is 12.0. The molecule has 0 aliphatic heterocycles. The molecular weight excluding hydrogens is 252 g/mol. The molecule has 0 bridgehead atoms. The van der Waals surface area contributed by atoms with E-state index in [0.29, 0.717) is 5.92 Å². The molecule has 2 rings (SSSR count). The van der Waals surface area contributed by atoms with Crippen molar-refractivity contribution in [1.29, 1.82) is 0 Å². The fourth-order valence-corrected chi connectivity index (χ4v) is 2.72. The maximum Gasteiger partial charge on any atom is 0.315 e. The van der Waals surface area contributed by atoms with E-state index in [2.05, 4.69) is 31.4 Å². The molecule has 2 N–H and O–H groups in total. The van der Waals surface area contributed by atoms with Crippen LogP contribution in [0.15, 0.2) is 16.7 Å². The van der Waals surface area contributed by atoms with Crippen LogP contribution in [0.1, 0.15) is 63.8 Å².